The fourth-order valence-electron chi connectivity index (χ4n) is 4.73. The number of aryl methyl sites for hydroxylation is 1. The molecular formula is C29H29N5O3. The Hall–Kier alpha value is -4.09. The second kappa shape index (κ2) is 9.41. The van der Waals surface area contributed by atoms with Crippen LogP contribution in [0.5, 0.6) is 0 Å². The molecule has 0 unspecified atom stereocenters. The third-order valence-electron chi connectivity index (χ3n) is 6.84. The van der Waals surface area contributed by atoms with E-state index in [1.807, 2.05) is 25.1 Å². The summed E-state index contributed by atoms with van der Waals surface area (Å²) in [4.78, 5) is 36.0. The summed E-state index contributed by atoms with van der Waals surface area (Å²) >= 11 is 0. The molecule has 1 amide bonds. The molecule has 1 atom stereocenters. The smallest absolute Gasteiger partial charge is 0.278 e. The maximum absolute atomic E-state index is 13.4. The van der Waals surface area contributed by atoms with Gasteiger partial charge in [0.1, 0.15) is 17.4 Å². The molecule has 3 aromatic heterocycles. The first-order chi connectivity index (χ1) is 17.7. The Labute approximate surface area is 214 Å². The molecular weight excluding hydrogens is 466 g/mol. The summed E-state index contributed by atoms with van der Waals surface area (Å²) in [6, 6.07) is 14.7. The molecule has 0 N–H and O–H groups in total. The van der Waals surface area contributed by atoms with Crippen LogP contribution in [0.15, 0.2) is 58.4 Å². The minimum atomic E-state index is -0.467. The lowest BCUT2D eigenvalue weighted by Gasteiger charge is -2.19. The van der Waals surface area contributed by atoms with E-state index in [0.29, 0.717) is 35.4 Å². The molecule has 0 aliphatic carbocycles. The molecule has 37 heavy (non-hydrogen) atoms. The van der Waals surface area contributed by atoms with Crippen LogP contribution in [-0.2, 0) is 16.7 Å². The van der Waals surface area contributed by atoms with Gasteiger partial charge in [-0.25, -0.2) is 4.98 Å². The number of amides is 1. The summed E-state index contributed by atoms with van der Waals surface area (Å²) in [6.07, 6.45) is 3.29. The van der Waals surface area contributed by atoms with Gasteiger partial charge in [-0.2, -0.15) is 10.3 Å². The van der Waals surface area contributed by atoms with E-state index in [4.69, 9.17) is 9.72 Å². The highest BCUT2D eigenvalue weighted by Crippen LogP contribution is 2.22. The van der Waals surface area contributed by atoms with Crippen molar-refractivity contribution in [2.45, 2.75) is 58.6 Å². The molecule has 1 saturated heterocycles. The number of hydrogen-bond donors (Lipinski definition) is 0. The summed E-state index contributed by atoms with van der Waals surface area (Å²) < 4.78 is 9.06. The van der Waals surface area contributed by atoms with Crippen molar-refractivity contribution in [3.63, 3.8) is 0 Å². The van der Waals surface area contributed by atoms with E-state index in [1.54, 1.807) is 29.0 Å². The average molecular weight is 496 g/mol. The zero-order valence-electron chi connectivity index (χ0n) is 21.5. The first kappa shape index (κ1) is 24.6. The lowest BCUT2D eigenvalue weighted by molar-refractivity contribution is 0.0952. The van der Waals surface area contributed by atoms with Crippen molar-refractivity contribution < 1.29 is 9.53 Å². The van der Waals surface area contributed by atoms with Crippen molar-refractivity contribution in [3.05, 3.63) is 86.8 Å². The van der Waals surface area contributed by atoms with E-state index >= 15 is 0 Å². The zero-order valence-corrected chi connectivity index (χ0v) is 21.5. The van der Waals surface area contributed by atoms with Gasteiger partial charge in [0.05, 0.1) is 23.6 Å². The number of hydrogen-bond acceptors (Lipinski definition) is 5. The van der Waals surface area contributed by atoms with E-state index in [1.165, 1.54) is 10.5 Å². The third kappa shape index (κ3) is 4.58. The first-order valence-corrected chi connectivity index (χ1v) is 12.4. The van der Waals surface area contributed by atoms with Gasteiger partial charge in [0, 0.05) is 18.4 Å². The van der Waals surface area contributed by atoms with Gasteiger partial charge < -0.3 is 9.30 Å². The van der Waals surface area contributed by atoms with Gasteiger partial charge in [-0.05, 0) is 60.6 Å². The largest absolute Gasteiger partial charge is 0.376 e. The van der Waals surface area contributed by atoms with Gasteiger partial charge >= 0.3 is 0 Å². The van der Waals surface area contributed by atoms with Crippen molar-refractivity contribution in [3.8, 4) is 6.07 Å². The quantitative estimate of drug-likeness (QED) is 0.399. The topological polar surface area (TPSA) is 102 Å². The number of ether oxygens (including phenoxy) is 1. The van der Waals surface area contributed by atoms with E-state index in [2.05, 4.69) is 31.8 Å². The number of nitrogens with zero attached hydrogens (tertiary/aromatic N) is 5. The molecule has 1 fully saturated rings. The standard InChI is InChI=1S/C29H29N5O3/c1-18-7-5-13-33-24(18)31-26-23(28(33)36)15-20(16-30)25(34(26)17-22-8-6-14-37-22)32-27(35)19-9-11-21(12-10-19)29(2,3)4/h5,7,9-13,15,22H,6,8,14,17H2,1-4H3/t22-/m0/s1. The van der Waals surface area contributed by atoms with Crippen LogP contribution in [0.1, 0.15) is 60.7 Å². The first-order valence-electron chi connectivity index (χ1n) is 12.4. The molecule has 0 saturated carbocycles. The number of carbonyl (C=O) groups is 1. The third-order valence-corrected chi connectivity index (χ3v) is 6.84. The zero-order chi connectivity index (χ0) is 26.3. The minimum Gasteiger partial charge on any atom is -0.376 e. The average Bonchev–Trinajstić information content (AvgIpc) is 3.39. The van der Waals surface area contributed by atoms with Crippen molar-refractivity contribution in [2.24, 2.45) is 4.99 Å². The molecule has 0 bridgehead atoms. The number of rotatable bonds is 3. The van der Waals surface area contributed by atoms with Crippen LogP contribution in [0.4, 0.5) is 0 Å². The minimum absolute atomic E-state index is 0.0457. The van der Waals surface area contributed by atoms with Crippen LogP contribution in [0.3, 0.4) is 0 Å². The molecule has 8 nitrogen and oxygen atoms in total. The van der Waals surface area contributed by atoms with Gasteiger partial charge in [-0.1, -0.05) is 39.0 Å². The van der Waals surface area contributed by atoms with Crippen LogP contribution in [0.25, 0.3) is 16.7 Å². The molecule has 0 radical (unpaired) electrons. The molecule has 1 aliphatic heterocycles. The number of carbonyl (C=O) groups excluding carboxylic acids is 1. The van der Waals surface area contributed by atoms with Crippen LogP contribution in [0.2, 0.25) is 0 Å². The fourth-order valence-corrected chi connectivity index (χ4v) is 4.73. The van der Waals surface area contributed by atoms with Crippen LogP contribution < -0.4 is 11.0 Å². The van der Waals surface area contributed by atoms with Gasteiger partial charge in [-0.3, -0.25) is 14.0 Å². The highest BCUT2D eigenvalue weighted by atomic mass is 16.5. The van der Waals surface area contributed by atoms with Crippen molar-refractivity contribution in [2.75, 3.05) is 6.61 Å². The molecule has 0 spiro atoms. The number of pyridine rings is 2. The predicted molar refractivity (Wildman–Crippen MR) is 140 cm³/mol. The lowest BCUT2D eigenvalue weighted by Crippen LogP contribution is -2.33. The Balaban J connectivity index is 1.77. The maximum Gasteiger partial charge on any atom is 0.278 e. The second-order valence-corrected chi connectivity index (χ2v) is 10.5. The molecule has 188 valence electrons. The van der Waals surface area contributed by atoms with Crippen LogP contribution >= 0.6 is 0 Å². The number of benzene rings is 1. The summed E-state index contributed by atoms with van der Waals surface area (Å²) in [7, 11) is 0. The number of nitriles is 1. The Kier molecular flexibility index (Phi) is 6.26. The highest BCUT2D eigenvalue weighted by Gasteiger charge is 2.22. The van der Waals surface area contributed by atoms with E-state index < -0.39 is 5.91 Å². The highest BCUT2D eigenvalue weighted by molar-refractivity contribution is 5.95. The summed E-state index contributed by atoms with van der Waals surface area (Å²) in [6.45, 7) is 9.18. The van der Waals surface area contributed by atoms with Crippen LogP contribution in [-0.4, -0.2) is 32.6 Å². The Bertz CT molecular complexity index is 1690. The number of aromatic nitrogens is 3. The Morgan fingerprint density at radius 1 is 1.22 bits per heavy atom. The summed E-state index contributed by atoms with van der Waals surface area (Å²) in [5.41, 5.74) is 3.24. The van der Waals surface area contributed by atoms with Crippen molar-refractivity contribution in [1.82, 2.24) is 14.0 Å². The molecule has 4 heterocycles. The Morgan fingerprint density at radius 2 is 1.97 bits per heavy atom. The van der Waals surface area contributed by atoms with Gasteiger partial charge in [0.15, 0.2) is 5.49 Å². The van der Waals surface area contributed by atoms with Gasteiger partial charge in [0.2, 0.25) is 0 Å². The number of fused-ring (bicyclic) bond motifs is 2. The van der Waals surface area contributed by atoms with E-state index in [9.17, 15) is 14.9 Å². The SMILES string of the molecule is Cc1cccn2c(=O)c3cc(C#N)c(=NC(=O)c4ccc(C(C)(C)C)cc4)n(C[C@@H]4CCCO4)c3nc12. The molecule has 1 aromatic carbocycles. The monoisotopic (exact) mass is 495 g/mol. The van der Waals surface area contributed by atoms with Crippen molar-refractivity contribution in [1.29, 1.82) is 5.26 Å². The summed E-state index contributed by atoms with van der Waals surface area (Å²) in [5, 5.41) is 10.3. The lowest BCUT2D eigenvalue weighted by atomic mass is 9.87. The van der Waals surface area contributed by atoms with E-state index in [0.717, 1.165) is 24.0 Å². The Morgan fingerprint density at radius 3 is 2.62 bits per heavy atom. The van der Waals surface area contributed by atoms with Crippen molar-refractivity contribution >= 4 is 22.6 Å². The maximum atomic E-state index is 13.4. The van der Waals surface area contributed by atoms with Gasteiger partial charge in [0.25, 0.3) is 11.5 Å². The molecule has 4 aromatic rings. The second-order valence-electron chi connectivity index (χ2n) is 10.5. The normalized spacial score (nSPS) is 16.4. The molecule has 5 rings (SSSR count). The molecule has 1 aliphatic rings. The molecule has 8 heteroatoms. The van der Waals surface area contributed by atoms with Crippen LogP contribution in [0, 0.1) is 18.3 Å². The summed E-state index contributed by atoms with van der Waals surface area (Å²) in [5.74, 6) is -0.467. The van der Waals surface area contributed by atoms with E-state index in [-0.39, 0.29) is 28.1 Å². The predicted octanol–water partition coefficient (Wildman–Crippen LogP) is 4.05. The van der Waals surface area contributed by atoms with Gasteiger partial charge in [-0.15, -0.1) is 0 Å². The fraction of sp³-hybridized carbons (Fsp3) is 0.345.